The molecule has 182 valence electrons. The normalized spacial score (nSPS) is 18.2. The first-order valence-corrected chi connectivity index (χ1v) is 12.2. The first kappa shape index (κ1) is 23.3. The van der Waals surface area contributed by atoms with E-state index >= 15 is 0 Å². The van der Waals surface area contributed by atoms with Crippen molar-refractivity contribution in [2.75, 3.05) is 35.6 Å². The molecule has 1 aromatic heterocycles. The molecule has 0 unspecified atom stereocenters. The van der Waals surface area contributed by atoms with Gasteiger partial charge in [-0.05, 0) is 68.1 Å². The average Bonchev–Trinajstić information content (AvgIpc) is 3.46. The lowest BCUT2D eigenvalue weighted by atomic mass is 9.96. The number of halogens is 1. The molecule has 1 atom stereocenters. The highest BCUT2D eigenvalue weighted by atomic mass is 35.5. The van der Waals surface area contributed by atoms with Crippen LogP contribution in [-0.4, -0.2) is 46.5 Å². The lowest BCUT2D eigenvalue weighted by Gasteiger charge is -2.18. The predicted molar refractivity (Wildman–Crippen MR) is 139 cm³/mol. The summed E-state index contributed by atoms with van der Waals surface area (Å²) in [6.45, 7) is 4.47. The molecule has 1 amide bonds. The van der Waals surface area contributed by atoms with Crippen molar-refractivity contribution < 1.29 is 4.79 Å². The van der Waals surface area contributed by atoms with E-state index in [1.165, 1.54) is 5.56 Å². The Kier molecular flexibility index (Phi) is 6.44. The Hall–Kier alpha value is -3.43. The van der Waals surface area contributed by atoms with Crippen LogP contribution < -0.4 is 27.0 Å². The monoisotopic (exact) mass is 492 g/mol. The van der Waals surface area contributed by atoms with E-state index in [1.807, 2.05) is 25.1 Å². The third-order valence-corrected chi connectivity index (χ3v) is 6.94. The van der Waals surface area contributed by atoms with E-state index in [0.29, 0.717) is 35.6 Å². The number of carbonyl (C=O) groups excluding carboxylic acids is 1. The number of aromatic nitrogens is 3. The molecule has 1 saturated heterocycles. The number of nitrogens with two attached hydrogens (primary N) is 1. The molecule has 1 aliphatic heterocycles. The Bertz CT molecular complexity index is 1220. The van der Waals surface area contributed by atoms with E-state index in [9.17, 15) is 4.79 Å². The smallest absolute Gasteiger partial charge is 0.248 e. The summed E-state index contributed by atoms with van der Waals surface area (Å²) in [6.07, 6.45) is 3.18. The second-order valence-electron chi connectivity index (χ2n) is 9.30. The fourth-order valence-corrected chi connectivity index (χ4v) is 4.46. The quantitative estimate of drug-likeness (QED) is 0.306. The Morgan fingerprint density at radius 3 is 2.54 bits per heavy atom. The summed E-state index contributed by atoms with van der Waals surface area (Å²) in [5, 5.41) is 14.2. The van der Waals surface area contributed by atoms with Gasteiger partial charge in [0.15, 0.2) is 0 Å². The summed E-state index contributed by atoms with van der Waals surface area (Å²) >= 11 is 6.08. The molecule has 35 heavy (non-hydrogen) atoms. The van der Waals surface area contributed by atoms with Crippen LogP contribution in [0.25, 0.3) is 0 Å². The number of hydrogen-bond donors (Lipinski definition) is 5. The lowest BCUT2D eigenvalue weighted by molar-refractivity contribution is 0.100. The molecule has 0 radical (unpaired) electrons. The van der Waals surface area contributed by atoms with Crippen LogP contribution in [0.1, 0.15) is 40.7 Å². The van der Waals surface area contributed by atoms with Gasteiger partial charge in [-0.1, -0.05) is 29.8 Å². The molecule has 2 heterocycles. The number of aryl methyl sites for hydroxylation is 1. The van der Waals surface area contributed by atoms with Gasteiger partial charge in [0.05, 0.1) is 0 Å². The summed E-state index contributed by atoms with van der Waals surface area (Å²) in [6, 6.07) is 13.6. The van der Waals surface area contributed by atoms with Crippen LogP contribution in [0.15, 0.2) is 42.5 Å². The minimum atomic E-state index is -0.487. The average molecular weight is 493 g/mol. The van der Waals surface area contributed by atoms with Crippen LogP contribution in [-0.2, 0) is 5.41 Å². The highest BCUT2D eigenvalue weighted by Gasteiger charge is 2.44. The highest BCUT2D eigenvalue weighted by Crippen LogP contribution is 2.48. The number of benzene rings is 2. The molecule has 2 fully saturated rings. The molecule has 1 saturated carbocycles. The summed E-state index contributed by atoms with van der Waals surface area (Å²) in [4.78, 5) is 25.5. The molecule has 5 rings (SSSR count). The third kappa shape index (κ3) is 5.47. The van der Waals surface area contributed by atoms with Crippen molar-refractivity contribution in [2.24, 2.45) is 5.73 Å². The minimum Gasteiger partial charge on any atom is -0.366 e. The molecule has 0 bridgehead atoms. The van der Waals surface area contributed by atoms with Crippen LogP contribution in [0.3, 0.4) is 0 Å². The zero-order valence-electron chi connectivity index (χ0n) is 19.6. The van der Waals surface area contributed by atoms with Crippen LogP contribution in [0.5, 0.6) is 0 Å². The molecule has 1 aliphatic carbocycles. The van der Waals surface area contributed by atoms with Crippen molar-refractivity contribution in [2.45, 2.75) is 37.6 Å². The largest absolute Gasteiger partial charge is 0.366 e. The van der Waals surface area contributed by atoms with Gasteiger partial charge in [-0.3, -0.25) is 4.79 Å². The zero-order valence-corrected chi connectivity index (χ0v) is 20.3. The molecule has 9 nitrogen and oxygen atoms in total. The maximum Gasteiger partial charge on any atom is 0.248 e. The van der Waals surface area contributed by atoms with E-state index in [1.54, 1.807) is 12.1 Å². The molecular formula is C25H29ClN8O. The zero-order chi connectivity index (χ0) is 24.4. The van der Waals surface area contributed by atoms with E-state index in [-0.39, 0.29) is 11.5 Å². The predicted octanol–water partition coefficient (Wildman–Crippen LogP) is 3.59. The van der Waals surface area contributed by atoms with Gasteiger partial charge in [0, 0.05) is 40.8 Å². The number of amides is 1. The Morgan fingerprint density at radius 1 is 1.11 bits per heavy atom. The van der Waals surface area contributed by atoms with Crippen molar-refractivity contribution in [1.29, 1.82) is 0 Å². The van der Waals surface area contributed by atoms with E-state index < -0.39 is 5.91 Å². The maximum absolute atomic E-state index is 11.7. The van der Waals surface area contributed by atoms with Gasteiger partial charge in [-0.2, -0.15) is 15.0 Å². The first-order valence-electron chi connectivity index (χ1n) is 11.8. The summed E-state index contributed by atoms with van der Waals surface area (Å²) in [5.74, 6) is 0.884. The summed E-state index contributed by atoms with van der Waals surface area (Å²) in [5.41, 5.74) is 8.86. The third-order valence-electron chi connectivity index (χ3n) is 6.69. The Labute approximate surface area is 209 Å². The van der Waals surface area contributed by atoms with Crippen LogP contribution >= 0.6 is 11.6 Å². The van der Waals surface area contributed by atoms with Crippen molar-refractivity contribution >= 4 is 41.0 Å². The summed E-state index contributed by atoms with van der Waals surface area (Å²) in [7, 11) is 0. The van der Waals surface area contributed by atoms with Crippen molar-refractivity contribution in [3.8, 4) is 0 Å². The van der Waals surface area contributed by atoms with Crippen LogP contribution in [0, 0.1) is 6.92 Å². The first-order chi connectivity index (χ1) is 16.9. The lowest BCUT2D eigenvalue weighted by Crippen LogP contribution is -2.25. The number of hydrogen-bond acceptors (Lipinski definition) is 8. The number of nitrogens with one attached hydrogen (secondary N) is 4. The number of carbonyl (C=O) groups is 1. The standard InChI is InChI=1S/C25H29ClN8O/c1-15-2-3-16(21(27)35)12-20(15)31-24-33-22(32-23(34-24)30-19-8-11-28-13-19)29-14-25(9-10-25)17-4-6-18(26)7-5-17/h2-7,12,19,28H,8-11,13-14H2,1H3,(H2,27,35)(H3,29,30,31,32,33,34)/t19-/m0/s1. The van der Waals surface area contributed by atoms with Crippen molar-refractivity contribution in [1.82, 2.24) is 20.3 Å². The number of anilines is 4. The molecule has 0 spiro atoms. The van der Waals surface area contributed by atoms with Gasteiger partial charge < -0.3 is 27.0 Å². The van der Waals surface area contributed by atoms with Crippen molar-refractivity contribution in [3.63, 3.8) is 0 Å². The van der Waals surface area contributed by atoms with Gasteiger partial charge in [0.25, 0.3) is 0 Å². The Balaban J connectivity index is 1.39. The second kappa shape index (κ2) is 9.67. The summed E-state index contributed by atoms with van der Waals surface area (Å²) < 4.78 is 0. The second-order valence-corrected chi connectivity index (χ2v) is 9.74. The highest BCUT2D eigenvalue weighted by molar-refractivity contribution is 6.30. The van der Waals surface area contributed by atoms with Gasteiger partial charge in [-0.25, -0.2) is 0 Å². The van der Waals surface area contributed by atoms with E-state index in [0.717, 1.165) is 42.9 Å². The molecule has 2 aliphatic rings. The van der Waals surface area contributed by atoms with Crippen LogP contribution in [0.4, 0.5) is 23.5 Å². The van der Waals surface area contributed by atoms with Gasteiger partial charge in [-0.15, -0.1) is 0 Å². The number of rotatable bonds is 9. The van der Waals surface area contributed by atoms with Crippen molar-refractivity contribution in [3.05, 3.63) is 64.2 Å². The van der Waals surface area contributed by atoms with E-state index in [4.69, 9.17) is 17.3 Å². The maximum atomic E-state index is 11.7. The topological polar surface area (TPSA) is 130 Å². The molecule has 3 aromatic rings. The number of nitrogens with zero attached hydrogens (tertiary/aromatic N) is 3. The molecular weight excluding hydrogens is 464 g/mol. The molecule has 2 aromatic carbocycles. The minimum absolute atomic E-state index is 0.0557. The fourth-order valence-electron chi connectivity index (χ4n) is 4.34. The molecule has 6 N–H and O–H groups in total. The van der Waals surface area contributed by atoms with Gasteiger partial charge >= 0.3 is 0 Å². The van der Waals surface area contributed by atoms with Gasteiger partial charge in [0.2, 0.25) is 23.8 Å². The SMILES string of the molecule is Cc1ccc(C(N)=O)cc1Nc1nc(NCC2(c3ccc(Cl)cc3)CC2)nc(N[C@H]2CCNC2)n1. The molecule has 10 heteroatoms. The van der Waals surface area contributed by atoms with Gasteiger partial charge in [0.1, 0.15) is 0 Å². The Morgan fingerprint density at radius 2 is 1.86 bits per heavy atom. The van der Waals surface area contributed by atoms with E-state index in [2.05, 4.69) is 48.4 Å². The fraction of sp³-hybridized carbons (Fsp3) is 0.360. The van der Waals surface area contributed by atoms with Crippen LogP contribution in [0.2, 0.25) is 5.02 Å². The number of primary amides is 1.